The summed E-state index contributed by atoms with van der Waals surface area (Å²) in [5.41, 5.74) is 11.1. The molecule has 0 bridgehead atoms. The number of nitrogens with one attached hydrogen (secondary N) is 1. The van der Waals surface area contributed by atoms with Crippen LogP contribution < -0.4 is 11.1 Å². The van der Waals surface area contributed by atoms with Crippen LogP contribution in [0.2, 0.25) is 0 Å². The van der Waals surface area contributed by atoms with E-state index in [9.17, 15) is 4.79 Å². The lowest BCUT2D eigenvalue weighted by molar-refractivity contribution is 0.0932. The van der Waals surface area contributed by atoms with Crippen molar-refractivity contribution in [1.29, 1.82) is 0 Å². The zero-order chi connectivity index (χ0) is 19.5. The van der Waals surface area contributed by atoms with Crippen molar-refractivity contribution in [3.63, 3.8) is 0 Å². The molecule has 7 heteroatoms. The van der Waals surface area contributed by atoms with E-state index < -0.39 is 0 Å². The van der Waals surface area contributed by atoms with Crippen molar-refractivity contribution in [3.05, 3.63) is 64.7 Å². The first kappa shape index (κ1) is 24.5. The number of fused-ring (bicyclic) bond motifs is 1. The average molecular weight is 451 g/mol. The van der Waals surface area contributed by atoms with E-state index >= 15 is 0 Å². The Balaban J connectivity index is 0.00000160. The van der Waals surface area contributed by atoms with Gasteiger partial charge >= 0.3 is 0 Å². The van der Waals surface area contributed by atoms with Crippen molar-refractivity contribution in [2.24, 2.45) is 0 Å². The topological polar surface area (TPSA) is 61.6 Å². The number of nitrogen functional groups attached to an aromatic ring is 1. The Morgan fingerprint density at radius 1 is 1.10 bits per heavy atom. The van der Waals surface area contributed by atoms with Gasteiger partial charge < -0.3 is 16.0 Å². The lowest BCUT2D eigenvalue weighted by Crippen LogP contribution is -2.43. The standard InChI is InChI=1S/C23H30N4O.2ClH/c1-26-10-12-27(13-11-26)16-17-4-2-6-19(14-17)23(28)25-22-7-3-5-18-15-20(24)8-9-21(18)22;;/h2,4,6,8-9,14-15,22H,3,5,7,10-13,16,24H2,1H3,(H,25,28);2*1H. The van der Waals surface area contributed by atoms with E-state index in [2.05, 4.69) is 34.3 Å². The molecule has 3 N–H and O–H groups in total. The van der Waals surface area contributed by atoms with E-state index in [1.807, 2.05) is 30.3 Å². The number of anilines is 1. The molecule has 0 radical (unpaired) electrons. The molecular formula is C23H32Cl2N4O. The summed E-state index contributed by atoms with van der Waals surface area (Å²) in [6, 6.07) is 14.2. The molecule has 1 amide bonds. The molecular weight excluding hydrogens is 419 g/mol. The number of halogens is 2. The minimum absolute atomic E-state index is 0. The minimum Gasteiger partial charge on any atom is -0.399 e. The Morgan fingerprint density at radius 3 is 2.63 bits per heavy atom. The number of carbonyl (C=O) groups is 1. The number of amides is 1. The highest BCUT2D eigenvalue weighted by atomic mass is 35.5. The highest BCUT2D eigenvalue weighted by molar-refractivity contribution is 5.94. The molecule has 0 aromatic heterocycles. The van der Waals surface area contributed by atoms with Gasteiger partial charge in [0.25, 0.3) is 5.91 Å². The summed E-state index contributed by atoms with van der Waals surface area (Å²) in [7, 11) is 2.17. The monoisotopic (exact) mass is 450 g/mol. The predicted molar refractivity (Wildman–Crippen MR) is 128 cm³/mol. The first-order valence-corrected chi connectivity index (χ1v) is 10.3. The van der Waals surface area contributed by atoms with Crippen molar-refractivity contribution >= 4 is 36.4 Å². The van der Waals surface area contributed by atoms with E-state index in [0.29, 0.717) is 0 Å². The molecule has 0 saturated carbocycles. The van der Waals surface area contributed by atoms with Crippen LogP contribution in [0.4, 0.5) is 5.69 Å². The van der Waals surface area contributed by atoms with Crippen molar-refractivity contribution in [3.8, 4) is 0 Å². The lowest BCUT2D eigenvalue weighted by atomic mass is 9.87. The van der Waals surface area contributed by atoms with E-state index in [4.69, 9.17) is 5.73 Å². The van der Waals surface area contributed by atoms with Gasteiger partial charge in [0.05, 0.1) is 6.04 Å². The van der Waals surface area contributed by atoms with Gasteiger partial charge in [0.1, 0.15) is 0 Å². The van der Waals surface area contributed by atoms with Gasteiger partial charge in [-0.15, -0.1) is 24.8 Å². The number of nitrogens with zero attached hydrogens (tertiary/aromatic N) is 2. The highest BCUT2D eigenvalue weighted by Gasteiger charge is 2.22. The maximum Gasteiger partial charge on any atom is 0.251 e. The van der Waals surface area contributed by atoms with Crippen LogP contribution in [-0.4, -0.2) is 48.9 Å². The number of rotatable bonds is 4. The number of benzene rings is 2. The third-order valence-corrected chi connectivity index (χ3v) is 5.98. The molecule has 30 heavy (non-hydrogen) atoms. The molecule has 2 aromatic carbocycles. The first-order valence-electron chi connectivity index (χ1n) is 10.3. The SMILES string of the molecule is CN1CCN(Cc2cccc(C(=O)NC3CCCc4cc(N)ccc43)c2)CC1.Cl.Cl. The molecule has 1 heterocycles. The Morgan fingerprint density at radius 2 is 1.87 bits per heavy atom. The molecule has 0 spiro atoms. The molecule has 1 atom stereocenters. The maximum absolute atomic E-state index is 12.9. The van der Waals surface area contributed by atoms with Gasteiger partial charge in [0.2, 0.25) is 0 Å². The fourth-order valence-electron chi connectivity index (χ4n) is 4.30. The van der Waals surface area contributed by atoms with Crippen molar-refractivity contribution in [1.82, 2.24) is 15.1 Å². The number of nitrogens with two attached hydrogens (primary N) is 1. The van der Waals surface area contributed by atoms with Gasteiger partial charge in [-0.2, -0.15) is 0 Å². The van der Waals surface area contributed by atoms with Crippen LogP contribution in [0.1, 0.15) is 45.9 Å². The van der Waals surface area contributed by atoms with Crippen LogP contribution in [0.25, 0.3) is 0 Å². The molecule has 1 aliphatic carbocycles. The van der Waals surface area contributed by atoms with Gasteiger partial charge in [-0.25, -0.2) is 0 Å². The molecule has 5 nitrogen and oxygen atoms in total. The zero-order valence-electron chi connectivity index (χ0n) is 17.5. The van der Waals surface area contributed by atoms with Gasteiger partial charge in [0.15, 0.2) is 0 Å². The summed E-state index contributed by atoms with van der Waals surface area (Å²) in [5, 5.41) is 3.25. The fraction of sp³-hybridized carbons (Fsp3) is 0.435. The lowest BCUT2D eigenvalue weighted by Gasteiger charge is -2.32. The molecule has 2 aliphatic rings. The predicted octanol–water partition coefficient (Wildman–Crippen LogP) is 3.67. The van der Waals surface area contributed by atoms with Crippen LogP contribution >= 0.6 is 24.8 Å². The summed E-state index contributed by atoms with van der Waals surface area (Å²) in [4.78, 5) is 17.7. The Bertz CT molecular complexity index is 853. The Hall–Kier alpha value is -1.79. The third-order valence-electron chi connectivity index (χ3n) is 5.98. The number of hydrogen-bond acceptors (Lipinski definition) is 4. The first-order chi connectivity index (χ1) is 13.6. The van der Waals surface area contributed by atoms with E-state index in [1.54, 1.807) is 0 Å². The summed E-state index contributed by atoms with van der Waals surface area (Å²) in [6.07, 6.45) is 3.09. The van der Waals surface area contributed by atoms with Crippen LogP contribution in [-0.2, 0) is 13.0 Å². The van der Waals surface area contributed by atoms with Crippen LogP contribution in [0, 0.1) is 0 Å². The number of hydrogen-bond donors (Lipinski definition) is 2. The van der Waals surface area contributed by atoms with Gasteiger partial charge in [0, 0.05) is 44.0 Å². The summed E-state index contributed by atoms with van der Waals surface area (Å²) in [6.45, 7) is 5.27. The normalized spacial score (nSPS) is 19.2. The second-order valence-electron chi connectivity index (χ2n) is 8.16. The number of aryl methyl sites for hydroxylation is 1. The van der Waals surface area contributed by atoms with Crippen molar-refractivity contribution in [2.75, 3.05) is 39.0 Å². The van der Waals surface area contributed by atoms with E-state index in [-0.39, 0.29) is 36.8 Å². The van der Waals surface area contributed by atoms with Gasteiger partial charge in [-0.1, -0.05) is 18.2 Å². The van der Waals surface area contributed by atoms with Crippen molar-refractivity contribution < 1.29 is 4.79 Å². The van der Waals surface area contributed by atoms with E-state index in [0.717, 1.165) is 63.2 Å². The Labute approximate surface area is 191 Å². The second kappa shape index (κ2) is 11.0. The molecule has 4 rings (SSSR count). The van der Waals surface area contributed by atoms with Gasteiger partial charge in [-0.05, 0) is 67.3 Å². The molecule has 1 unspecified atom stereocenters. The minimum atomic E-state index is 0. The largest absolute Gasteiger partial charge is 0.399 e. The van der Waals surface area contributed by atoms with Crippen molar-refractivity contribution in [2.45, 2.75) is 31.8 Å². The average Bonchev–Trinajstić information content (AvgIpc) is 2.70. The van der Waals surface area contributed by atoms with Crippen LogP contribution in [0.15, 0.2) is 42.5 Å². The zero-order valence-corrected chi connectivity index (χ0v) is 19.1. The maximum atomic E-state index is 12.9. The highest BCUT2D eigenvalue weighted by Crippen LogP contribution is 2.31. The third kappa shape index (κ3) is 5.88. The van der Waals surface area contributed by atoms with Gasteiger partial charge in [-0.3, -0.25) is 9.69 Å². The summed E-state index contributed by atoms with van der Waals surface area (Å²) < 4.78 is 0. The van der Waals surface area contributed by atoms with Crippen LogP contribution in [0.3, 0.4) is 0 Å². The van der Waals surface area contributed by atoms with Crippen LogP contribution in [0.5, 0.6) is 0 Å². The molecule has 1 aliphatic heterocycles. The summed E-state index contributed by atoms with van der Waals surface area (Å²) >= 11 is 0. The fourth-order valence-corrected chi connectivity index (χ4v) is 4.30. The second-order valence-corrected chi connectivity index (χ2v) is 8.16. The molecule has 1 fully saturated rings. The summed E-state index contributed by atoms with van der Waals surface area (Å²) in [5.74, 6) is 0.00917. The molecule has 164 valence electrons. The number of carbonyl (C=O) groups excluding carboxylic acids is 1. The van der Waals surface area contributed by atoms with E-state index in [1.165, 1.54) is 16.7 Å². The number of piperazine rings is 1. The quantitative estimate of drug-likeness (QED) is 0.697. The molecule has 2 aromatic rings. The molecule has 1 saturated heterocycles. The number of likely N-dealkylation sites (N-methyl/N-ethyl adjacent to an activating group) is 1. The Kier molecular flexibility index (Phi) is 8.98. The smallest absolute Gasteiger partial charge is 0.251 e.